The van der Waals surface area contributed by atoms with Gasteiger partial charge in [0.25, 0.3) is 5.56 Å². The van der Waals surface area contributed by atoms with Crippen LogP contribution in [0.1, 0.15) is 17.4 Å². The molecule has 4 rings (SSSR count). The predicted octanol–water partition coefficient (Wildman–Crippen LogP) is 5.08. The SMILES string of the molecule is O=C(Nc1cccnc1-c1nc2ccnc(C(F)(F)F)c2c(=O)n1CC(F)c1ccccc1)C(F)(F)F. The Kier molecular flexibility index (Phi) is 6.67. The highest BCUT2D eigenvalue weighted by Crippen LogP contribution is 2.33. The van der Waals surface area contributed by atoms with Crippen LogP contribution in [0.5, 0.6) is 0 Å². The van der Waals surface area contributed by atoms with Crippen LogP contribution in [0.4, 0.5) is 36.4 Å². The zero-order valence-corrected chi connectivity index (χ0v) is 18.3. The van der Waals surface area contributed by atoms with E-state index in [1.165, 1.54) is 30.3 Å². The van der Waals surface area contributed by atoms with Gasteiger partial charge in [0.05, 0.1) is 23.1 Å². The molecule has 192 valence electrons. The van der Waals surface area contributed by atoms with Gasteiger partial charge in [-0.25, -0.2) is 9.37 Å². The fraction of sp³-hybridized carbons (Fsp3) is 0.174. The molecule has 0 saturated carbocycles. The van der Waals surface area contributed by atoms with E-state index in [2.05, 4.69) is 15.0 Å². The molecule has 3 heterocycles. The van der Waals surface area contributed by atoms with Gasteiger partial charge in [-0.15, -0.1) is 0 Å². The maximum absolute atomic E-state index is 15.2. The molecule has 0 bridgehead atoms. The number of hydrogen-bond donors (Lipinski definition) is 1. The molecule has 1 amide bonds. The molecule has 0 aliphatic rings. The summed E-state index contributed by atoms with van der Waals surface area (Å²) in [5.74, 6) is -2.93. The summed E-state index contributed by atoms with van der Waals surface area (Å²) in [6, 6.07) is 10.5. The van der Waals surface area contributed by atoms with E-state index in [1.807, 2.05) is 0 Å². The van der Waals surface area contributed by atoms with Crippen LogP contribution in [-0.4, -0.2) is 31.6 Å². The maximum atomic E-state index is 15.2. The van der Waals surface area contributed by atoms with Gasteiger partial charge in [-0.05, 0) is 23.8 Å². The molecule has 3 aromatic heterocycles. The number of nitrogens with zero attached hydrogens (tertiary/aromatic N) is 4. The highest BCUT2D eigenvalue weighted by Gasteiger charge is 2.40. The Bertz CT molecular complexity index is 1520. The average Bonchev–Trinajstić information content (AvgIpc) is 2.85. The van der Waals surface area contributed by atoms with Gasteiger partial charge in [0.2, 0.25) is 0 Å². The summed E-state index contributed by atoms with van der Waals surface area (Å²) in [5.41, 5.74) is -4.39. The first-order valence-corrected chi connectivity index (χ1v) is 10.4. The van der Waals surface area contributed by atoms with Crippen LogP contribution in [0.2, 0.25) is 0 Å². The van der Waals surface area contributed by atoms with E-state index in [9.17, 15) is 35.9 Å². The lowest BCUT2D eigenvalue weighted by molar-refractivity contribution is -0.167. The molecule has 1 N–H and O–H groups in total. The van der Waals surface area contributed by atoms with Crippen LogP contribution in [0.25, 0.3) is 22.4 Å². The molecule has 0 saturated heterocycles. The Hall–Kier alpha value is -4.36. The van der Waals surface area contributed by atoms with Gasteiger partial charge in [0, 0.05) is 12.4 Å². The quantitative estimate of drug-likeness (QED) is 0.367. The normalized spacial score (nSPS) is 12.9. The first-order valence-electron chi connectivity index (χ1n) is 10.4. The smallest absolute Gasteiger partial charge is 0.316 e. The van der Waals surface area contributed by atoms with Crippen molar-refractivity contribution in [1.29, 1.82) is 0 Å². The third-order valence-corrected chi connectivity index (χ3v) is 5.17. The van der Waals surface area contributed by atoms with Crippen molar-refractivity contribution in [3.63, 3.8) is 0 Å². The summed E-state index contributed by atoms with van der Waals surface area (Å²) in [7, 11) is 0. The van der Waals surface area contributed by atoms with Crippen LogP contribution in [-0.2, 0) is 17.5 Å². The largest absolute Gasteiger partial charge is 0.471 e. The first-order chi connectivity index (χ1) is 17.4. The fourth-order valence-electron chi connectivity index (χ4n) is 3.53. The molecule has 0 radical (unpaired) electrons. The van der Waals surface area contributed by atoms with Crippen molar-refractivity contribution in [2.24, 2.45) is 0 Å². The molecule has 1 atom stereocenters. The minimum atomic E-state index is -5.28. The lowest BCUT2D eigenvalue weighted by Gasteiger charge is -2.19. The predicted molar refractivity (Wildman–Crippen MR) is 117 cm³/mol. The highest BCUT2D eigenvalue weighted by molar-refractivity contribution is 5.97. The van der Waals surface area contributed by atoms with Crippen LogP contribution in [0, 0.1) is 0 Å². The summed E-state index contributed by atoms with van der Waals surface area (Å²) in [4.78, 5) is 36.1. The number of nitrogens with one attached hydrogen (secondary N) is 1. The molecule has 1 unspecified atom stereocenters. The molecule has 7 nitrogen and oxygen atoms in total. The Labute approximate surface area is 202 Å². The number of pyridine rings is 2. The zero-order valence-electron chi connectivity index (χ0n) is 18.3. The second-order valence-electron chi connectivity index (χ2n) is 7.63. The summed E-state index contributed by atoms with van der Waals surface area (Å²) in [6.07, 6.45) is -10.4. The summed E-state index contributed by atoms with van der Waals surface area (Å²) in [6.45, 7) is -0.865. The molecule has 0 aliphatic carbocycles. The van der Waals surface area contributed by atoms with Crippen molar-refractivity contribution >= 4 is 22.5 Å². The first kappa shape index (κ1) is 25.7. The number of amides is 1. The number of rotatable bonds is 5. The standard InChI is InChI=1S/C23H14F7N5O2/c24-13(12-5-2-1-3-6-12)11-35-19(17-15(7-4-9-31-17)34-21(37)23(28,29)30)33-14-8-10-32-18(22(25,26)27)16(14)20(35)36/h1-10,13H,11H2,(H,34,37). The third kappa shape index (κ3) is 5.27. The molecular formula is C23H14F7N5O2. The van der Waals surface area contributed by atoms with E-state index in [1.54, 1.807) is 11.4 Å². The Morgan fingerprint density at radius 1 is 0.946 bits per heavy atom. The molecular weight excluding hydrogens is 511 g/mol. The number of benzene rings is 1. The number of hydrogen-bond acceptors (Lipinski definition) is 5. The van der Waals surface area contributed by atoms with Gasteiger partial charge in [0.15, 0.2) is 11.5 Å². The summed E-state index contributed by atoms with van der Waals surface area (Å²) in [5, 5.41) is 0.634. The van der Waals surface area contributed by atoms with Crippen molar-refractivity contribution in [3.05, 3.63) is 82.5 Å². The molecule has 0 spiro atoms. The summed E-state index contributed by atoms with van der Waals surface area (Å²) < 4.78 is 95.2. The topological polar surface area (TPSA) is 89.8 Å². The number of halogens is 7. The van der Waals surface area contributed by atoms with Crippen molar-refractivity contribution in [2.45, 2.75) is 25.1 Å². The van der Waals surface area contributed by atoms with E-state index in [4.69, 9.17) is 0 Å². The zero-order chi connectivity index (χ0) is 27.0. The number of carbonyl (C=O) groups excluding carboxylic acids is 1. The van der Waals surface area contributed by atoms with Gasteiger partial charge in [-0.1, -0.05) is 30.3 Å². The Balaban J connectivity index is 1.98. The molecule has 14 heteroatoms. The monoisotopic (exact) mass is 525 g/mol. The van der Waals surface area contributed by atoms with Gasteiger partial charge < -0.3 is 5.32 Å². The molecule has 37 heavy (non-hydrogen) atoms. The van der Waals surface area contributed by atoms with Crippen molar-refractivity contribution in [2.75, 3.05) is 5.32 Å². The van der Waals surface area contributed by atoms with Gasteiger partial charge in [-0.2, -0.15) is 26.3 Å². The molecule has 0 fully saturated rings. The Morgan fingerprint density at radius 3 is 2.30 bits per heavy atom. The third-order valence-electron chi connectivity index (χ3n) is 5.17. The van der Waals surface area contributed by atoms with E-state index in [0.717, 1.165) is 24.5 Å². The maximum Gasteiger partial charge on any atom is 0.471 e. The van der Waals surface area contributed by atoms with Crippen LogP contribution in [0.3, 0.4) is 0 Å². The van der Waals surface area contributed by atoms with Gasteiger partial charge in [0.1, 0.15) is 11.9 Å². The average molecular weight is 525 g/mol. The second kappa shape index (κ2) is 9.59. The number of carbonyl (C=O) groups is 1. The van der Waals surface area contributed by atoms with Gasteiger partial charge >= 0.3 is 18.3 Å². The molecule has 0 aliphatic heterocycles. The minimum Gasteiger partial charge on any atom is -0.316 e. The van der Waals surface area contributed by atoms with Crippen molar-refractivity contribution in [1.82, 2.24) is 19.5 Å². The second-order valence-corrected chi connectivity index (χ2v) is 7.63. The number of anilines is 1. The van der Waals surface area contributed by atoms with Gasteiger partial charge in [-0.3, -0.25) is 24.1 Å². The van der Waals surface area contributed by atoms with Crippen LogP contribution < -0.4 is 10.9 Å². The number of alkyl halides is 7. The number of aromatic nitrogens is 4. The minimum absolute atomic E-state index is 0.0781. The molecule has 1 aromatic carbocycles. The van der Waals surface area contributed by atoms with E-state index in [-0.39, 0.29) is 5.56 Å². The van der Waals surface area contributed by atoms with Crippen LogP contribution in [0.15, 0.2) is 65.7 Å². The van der Waals surface area contributed by atoms with E-state index >= 15 is 4.39 Å². The summed E-state index contributed by atoms with van der Waals surface area (Å²) >= 11 is 0. The van der Waals surface area contributed by atoms with E-state index in [0.29, 0.717) is 4.57 Å². The fourth-order valence-corrected chi connectivity index (χ4v) is 3.53. The lowest BCUT2D eigenvalue weighted by Crippen LogP contribution is -2.31. The number of fused-ring (bicyclic) bond motifs is 1. The molecule has 4 aromatic rings. The van der Waals surface area contributed by atoms with Crippen molar-refractivity contribution in [3.8, 4) is 11.5 Å². The van der Waals surface area contributed by atoms with E-state index < -0.39 is 70.3 Å². The Morgan fingerprint density at radius 2 is 1.65 bits per heavy atom. The van der Waals surface area contributed by atoms with Crippen LogP contribution >= 0.6 is 0 Å². The lowest BCUT2D eigenvalue weighted by atomic mass is 10.1. The highest BCUT2D eigenvalue weighted by atomic mass is 19.4. The van der Waals surface area contributed by atoms with Crippen molar-refractivity contribution < 1.29 is 35.5 Å².